The molecule has 0 aromatic rings. The van der Waals surface area contributed by atoms with Crippen LogP contribution < -0.4 is 0 Å². The van der Waals surface area contributed by atoms with Crippen molar-refractivity contribution >= 4 is 11.6 Å². The molecule has 4 bridgehead atoms. The van der Waals surface area contributed by atoms with E-state index in [-0.39, 0.29) is 53.2 Å². The fourth-order valence-electron chi connectivity index (χ4n) is 5.34. The lowest BCUT2D eigenvalue weighted by molar-refractivity contribution is -0.126. The van der Waals surface area contributed by atoms with Crippen molar-refractivity contribution < 1.29 is 19.1 Å². The molecule has 4 saturated heterocycles. The summed E-state index contributed by atoms with van der Waals surface area (Å²) < 4.78 is 11.8. The van der Waals surface area contributed by atoms with E-state index < -0.39 is 0 Å². The Labute approximate surface area is 116 Å². The highest BCUT2D eigenvalue weighted by molar-refractivity contribution is 5.91. The molecule has 0 spiro atoms. The molecule has 104 valence electrons. The summed E-state index contributed by atoms with van der Waals surface area (Å²) in [5.41, 5.74) is 0.878. The van der Waals surface area contributed by atoms with Crippen molar-refractivity contribution in [1.82, 2.24) is 0 Å². The number of hydrogen-bond acceptors (Lipinski definition) is 4. The highest BCUT2D eigenvalue weighted by atomic mass is 16.5. The Bertz CT molecular complexity index is 591. The molecule has 4 nitrogen and oxygen atoms in total. The smallest absolute Gasteiger partial charge is 0.168 e. The van der Waals surface area contributed by atoms with Gasteiger partial charge in [-0.2, -0.15) is 0 Å². The number of ether oxygens (including phenoxy) is 2. The lowest BCUT2D eigenvalue weighted by Gasteiger charge is -2.46. The Hall–Kier alpha value is -1.26. The third kappa shape index (κ3) is 1.02. The molecule has 4 aliphatic heterocycles. The normalized spacial score (nSPS) is 54.9. The van der Waals surface area contributed by atoms with E-state index in [9.17, 15) is 9.59 Å². The summed E-state index contributed by atoms with van der Waals surface area (Å²) in [6, 6.07) is 0. The molecule has 20 heavy (non-hydrogen) atoms. The average Bonchev–Trinajstić information content (AvgIpc) is 3.15. The first-order chi connectivity index (χ1) is 9.65. The van der Waals surface area contributed by atoms with E-state index in [0.29, 0.717) is 12.8 Å². The largest absolute Gasteiger partial charge is 0.365 e. The van der Waals surface area contributed by atoms with Gasteiger partial charge in [-0.1, -0.05) is 12.2 Å². The molecule has 0 unspecified atom stereocenters. The van der Waals surface area contributed by atoms with Crippen molar-refractivity contribution in [3.8, 4) is 0 Å². The van der Waals surface area contributed by atoms with Crippen molar-refractivity contribution in [2.75, 3.05) is 0 Å². The van der Waals surface area contributed by atoms with Crippen LogP contribution in [0, 0.1) is 17.3 Å². The van der Waals surface area contributed by atoms with Gasteiger partial charge in [-0.05, 0) is 12.0 Å². The van der Waals surface area contributed by atoms with Gasteiger partial charge in [0.15, 0.2) is 11.6 Å². The zero-order chi connectivity index (χ0) is 13.6. The number of allylic oxidation sites excluding steroid dienone is 1. The van der Waals surface area contributed by atoms with Gasteiger partial charge in [0, 0.05) is 30.1 Å². The van der Waals surface area contributed by atoms with Gasteiger partial charge in [-0.25, -0.2) is 0 Å². The third-order valence-electron chi connectivity index (χ3n) is 6.07. The Morgan fingerprint density at radius 2 is 2.00 bits per heavy atom. The maximum Gasteiger partial charge on any atom is 0.168 e. The standard InChI is InChI=1S/C16H16O4/c1-2-16-4-3-7-12(10-5-8(17)14(7)19-10)13(16)11-6-9(18)15(16)20-11/h2-3,10-15H,1,4-6H2/t10-,11-,12+,13+,14-,15-,16-/m1/s1. The highest BCUT2D eigenvalue weighted by Crippen LogP contribution is 2.63. The van der Waals surface area contributed by atoms with Crippen LogP contribution in [0.2, 0.25) is 0 Å². The van der Waals surface area contributed by atoms with Crippen LogP contribution in [0.3, 0.4) is 0 Å². The number of fused-ring (bicyclic) bond motifs is 11. The summed E-state index contributed by atoms with van der Waals surface area (Å²) in [5.74, 6) is 0.922. The molecule has 0 aromatic heterocycles. The molecule has 0 radical (unpaired) electrons. The van der Waals surface area contributed by atoms with Crippen molar-refractivity contribution in [1.29, 1.82) is 0 Å². The lowest BCUT2D eigenvalue weighted by Crippen LogP contribution is -2.51. The number of hydrogen-bond donors (Lipinski definition) is 0. The number of ketones is 2. The van der Waals surface area contributed by atoms with Gasteiger partial charge in [-0.3, -0.25) is 9.59 Å². The maximum absolute atomic E-state index is 12.1. The molecule has 1 aliphatic carbocycles. The van der Waals surface area contributed by atoms with E-state index in [0.717, 1.165) is 12.0 Å². The summed E-state index contributed by atoms with van der Waals surface area (Å²) >= 11 is 0. The molecular formula is C16H16O4. The van der Waals surface area contributed by atoms with Crippen molar-refractivity contribution in [2.45, 2.75) is 43.7 Å². The number of carbonyl (C=O) groups is 2. The van der Waals surface area contributed by atoms with E-state index in [1.807, 2.05) is 6.08 Å². The van der Waals surface area contributed by atoms with Crippen molar-refractivity contribution in [3.05, 3.63) is 24.3 Å². The summed E-state index contributed by atoms with van der Waals surface area (Å²) in [6.45, 7) is 3.99. The third-order valence-corrected chi connectivity index (χ3v) is 6.07. The quantitative estimate of drug-likeness (QED) is 0.673. The maximum atomic E-state index is 12.1. The first kappa shape index (κ1) is 11.4. The van der Waals surface area contributed by atoms with Gasteiger partial charge in [-0.15, -0.1) is 6.58 Å². The molecule has 4 heterocycles. The Kier molecular flexibility index (Phi) is 1.89. The molecule has 7 atom stereocenters. The zero-order valence-electron chi connectivity index (χ0n) is 11.1. The predicted molar refractivity (Wildman–Crippen MR) is 68.9 cm³/mol. The SMILES string of the molecule is C=C[C@@]12CC=C3[C@H]4O[C@H](CC4=O)[C@H]3[C@@H]1[C@H]1CC(=O)[C@H]2O1. The van der Waals surface area contributed by atoms with Crippen LogP contribution in [0.25, 0.3) is 0 Å². The van der Waals surface area contributed by atoms with Crippen molar-refractivity contribution in [3.63, 3.8) is 0 Å². The van der Waals surface area contributed by atoms with E-state index in [2.05, 4.69) is 12.7 Å². The monoisotopic (exact) mass is 272 g/mol. The Morgan fingerprint density at radius 3 is 2.80 bits per heavy atom. The number of rotatable bonds is 1. The van der Waals surface area contributed by atoms with Gasteiger partial charge >= 0.3 is 0 Å². The molecule has 4 fully saturated rings. The summed E-state index contributed by atoms with van der Waals surface area (Å²) in [4.78, 5) is 24.0. The van der Waals surface area contributed by atoms with Gasteiger partial charge in [0.25, 0.3) is 0 Å². The molecule has 0 amide bonds. The molecule has 4 heteroatoms. The summed E-state index contributed by atoms with van der Waals surface area (Å²) in [6.07, 6.45) is 5.16. The van der Waals surface area contributed by atoms with Crippen LogP contribution in [-0.4, -0.2) is 36.0 Å². The summed E-state index contributed by atoms with van der Waals surface area (Å²) in [7, 11) is 0. The zero-order valence-corrected chi connectivity index (χ0v) is 11.1. The topological polar surface area (TPSA) is 52.6 Å². The second-order valence-corrected chi connectivity index (χ2v) is 6.73. The van der Waals surface area contributed by atoms with Crippen LogP contribution in [0.4, 0.5) is 0 Å². The van der Waals surface area contributed by atoms with Crippen LogP contribution in [0.5, 0.6) is 0 Å². The van der Waals surface area contributed by atoms with Gasteiger partial charge in [0.2, 0.25) is 0 Å². The Balaban J connectivity index is 1.66. The molecular weight excluding hydrogens is 256 g/mol. The van der Waals surface area contributed by atoms with Gasteiger partial charge < -0.3 is 9.47 Å². The lowest BCUT2D eigenvalue weighted by atomic mass is 9.54. The minimum absolute atomic E-state index is 0.0126. The average molecular weight is 272 g/mol. The summed E-state index contributed by atoms with van der Waals surface area (Å²) in [5, 5.41) is 0. The van der Waals surface area contributed by atoms with Crippen LogP contribution in [0.15, 0.2) is 24.3 Å². The second kappa shape index (κ2) is 3.31. The number of Topliss-reactive ketones (excluding diaryl/α,β-unsaturated/α-hetero) is 2. The fraction of sp³-hybridized carbons (Fsp3) is 0.625. The van der Waals surface area contributed by atoms with Crippen LogP contribution in [-0.2, 0) is 19.1 Å². The highest BCUT2D eigenvalue weighted by Gasteiger charge is 2.69. The van der Waals surface area contributed by atoms with Gasteiger partial charge in [0.1, 0.15) is 12.2 Å². The second-order valence-electron chi connectivity index (χ2n) is 6.73. The first-order valence-electron chi connectivity index (χ1n) is 7.35. The predicted octanol–water partition coefficient (Wildman–Crippen LogP) is 1.20. The first-order valence-corrected chi connectivity index (χ1v) is 7.35. The van der Waals surface area contributed by atoms with Crippen LogP contribution >= 0.6 is 0 Å². The Morgan fingerprint density at radius 1 is 1.20 bits per heavy atom. The van der Waals surface area contributed by atoms with Crippen molar-refractivity contribution in [2.24, 2.45) is 17.3 Å². The number of carbonyl (C=O) groups excluding carboxylic acids is 2. The van der Waals surface area contributed by atoms with Gasteiger partial charge in [0.05, 0.1) is 12.2 Å². The fourth-order valence-corrected chi connectivity index (χ4v) is 5.34. The van der Waals surface area contributed by atoms with E-state index in [1.165, 1.54) is 0 Å². The minimum Gasteiger partial charge on any atom is -0.365 e. The molecule has 0 N–H and O–H groups in total. The molecule has 5 rings (SSSR count). The van der Waals surface area contributed by atoms with E-state index in [4.69, 9.17) is 9.47 Å². The van der Waals surface area contributed by atoms with Crippen LogP contribution in [0.1, 0.15) is 19.3 Å². The minimum atomic E-state index is -0.331. The van der Waals surface area contributed by atoms with E-state index >= 15 is 0 Å². The molecule has 0 saturated carbocycles. The van der Waals surface area contributed by atoms with E-state index in [1.54, 1.807) is 0 Å². The molecule has 0 aromatic carbocycles. The molecule has 5 aliphatic rings.